The molecule has 0 spiro atoms. The van der Waals surface area contributed by atoms with Crippen LogP contribution in [-0.4, -0.2) is 31.2 Å². The summed E-state index contributed by atoms with van der Waals surface area (Å²) < 4.78 is 5.57. The predicted molar refractivity (Wildman–Crippen MR) is 92.1 cm³/mol. The van der Waals surface area contributed by atoms with E-state index in [4.69, 9.17) is 33.7 Å². The molecule has 0 saturated carbocycles. The highest BCUT2D eigenvalue weighted by atomic mass is 35.5. The van der Waals surface area contributed by atoms with Crippen LogP contribution in [0.15, 0.2) is 18.2 Å². The molecule has 1 aliphatic heterocycles. The Labute approximate surface area is 147 Å². The fourth-order valence-corrected chi connectivity index (χ4v) is 3.29. The normalized spacial score (nSPS) is 22.0. The second-order valence-corrected chi connectivity index (χ2v) is 6.16. The van der Waals surface area contributed by atoms with Crippen molar-refractivity contribution in [1.29, 1.82) is 0 Å². The fraction of sp³-hybridized carbons (Fsp3) is 0.533. The Morgan fingerprint density at radius 2 is 2.05 bits per heavy atom. The lowest BCUT2D eigenvalue weighted by Crippen LogP contribution is -2.37. The molecule has 0 aromatic heterocycles. The van der Waals surface area contributed by atoms with Crippen LogP contribution in [0.25, 0.3) is 0 Å². The summed E-state index contributed by atoms with van der Waals surface area (Å²) in [6.07, 6.45) is 1.15. The molecule has 22 heavy (non-hydrogen) atoms. The van der Waals surface area contributed by atoms with Crippen LogP contribution in [0.5, 0.6) is 0 Å². The predicted octanol–water partition coefficient (Wildman–Crippen LogP) is 3.14. The van der Waals surface area contributed by atoms with Crippen LogP contribution in [0.2, 0.25) is 10.0 Å². The zero-order valence-electron chi connectivity index (χ0n) is 12.4. The minimum atomic E-state index is -0.396. The maximum absolute atomic E-state index is 12.1. The number of hydrogen-bond acceptors (Lipinski definition) is 3. The molecule has 1 amide bonds. The number of halogens is 3. The summed E-state index contributed by atoms with van der Waals surface area (Å²) in [6, 6.07) is 5.40. The fourth-order valence-electron chi connectivity index (χ4n) is 2.52. The van der Waals surface area contributed by atoms with E-state index in [2.05, 4.69) is 5.32 Å². The third kappa shape index (κ3) is 4.74. The first kappa shape index (κ1) is 19.5. The van der Waals surface area contributed by atoms with Crippen LogP contribution in [0.1, 0.15) is 31.2 Å². The Balaban J connectivity index is 0.00000242. The molecule has 0 aliphatic carbocycles. The van der Waals surface area contributed by atoms with E-state index in [9.17, 15) is 4.79 Å². The third-order valence-electron chi connectivity index (χ3n) is 3.74. The van der Waals surface area contributed by atoms with Crippen LogP contribution in [-0.2, 0) is 9.53 Å². The number of amides is 1. The van der Waals surface area contributed by atoms with Crippen LogP contribution >= 0.6 is 35.6 Å². The molecule has 7 heteroatoms. The van der Waals surface area contributed by atoms with E-state index in [0.29, 0.717) is 23.1 Å². The summed E-state index contributed by atoms with van der Waals surface area (Å²) in [6.45, 7) is 2.90. The summed E-state index contributed by atoms with van der Waals surface area (Å²) in [5.41, 5.74) is 6.40. The van der Waals surface area contributed by atoms with E-state index in [1.54, 1.807) is 18.2 Å². The van der Waals surface area contributed by atoms with Gasteiger partial charge in [-0.2, -0.15) is 0 Å². The van der Waals surface area contributed by atoms with Gasteiger partial charge in [0.2, 0.25) is 5.91 Å². The van der Waals surface area contributed by atoms with Gasteiger partial charge in [-0.05, 0) is 30.5 Å². The van der Waals surface area contributed by atoms with Gasteiger partial charge in [0.15, 0.2) is 0 Å². The monoisotopic (exact) mass is 366 g/mol. The first-order chi connectivity index (χ1) is 10.0. The third-order valence-corrected chi connectivity index (χ3v) is 4.40. The van der Waals surface area contributed by atoms with Crippen molar-refractivity contribution in [3.8, 4) is 0 Å². The van der Waals surface area contributed by atoms with Crippen LogP contribution < -0.4 is 11.1 Å². The van der Waals surface area contributed by atoms with Crippen molar-refractivity contribution in [2.75, 3.05) is 13.1 Å². The van der Waals surface area contributed by atoms with Crippen molar-refractivity contribution in [3.63, 3.8) is 0 Å². The van der Waals surface area contributed by atoms with Crippen molar-refractivity contribution < 1.29 is 9.53 Å². The first-order valence-corrected chi connectivity index (χ1v) is 7.85. The Bertz CT molecular complexity index is 493. The highest BCUT2D eigenvalue weighted by molar-refractivity contribution is 6.36. The van der Waals surface area contributed by atoms with Gasteiger partial charge < -0.3 is 15.8 Å². The van der Waals surface area contributed by atoms with E-state index in [-0.39, 0.29) is 30.3 Å². The maximum Gasteiger partial charge on any atom is 0.249 e. The lowest BCUT2D eigenvalue weighted by Gasteiger charge is -2.18. The molecular formula is C15H21Cl3N2O2. The zero-order chi connectivity index (χ0) is 15.4. The molecule has 3 N–H and O–H groups in total. The Morgan fingerprint density at radius 3 is 2.59 bits per heavy atom. The van der Waals surface area contributed by atoms with Gasteiger partial charge >= 0.3 is 0 Å². The number of nitrogens with one attached hydrogen (secondary N) is 1. The molecule has 1 saturated heterocycles. The molecular weight excluding hydrogens is 347 g/mol. The van der Waals surface area contributed by atoms with Crippen molar-refractivity contribution in [2.45, 2.75) is 37.9 Å². The highest BCUT2D eigenvalue weighted by Gasteiger charge is 2.30. The van der Waals surface area contributed by atoms with Gasteiger partial charge in [0, 0.05) is 29.1 Å². The van der Waals surface area contributed by atoms with Crippen molar-refractivity contribution in [1.82, 2.24) is 5.32 Å². The molecule has 4 nitrogen and oxygen atoms in total. The molecule has 3 atom stereocenters. The lowest BCUT2D eigenvalue weighted by molar-refractivity contribution is -0.131. The van der Waals surface area contributed by atoms with Crippen LogP contribution in [0.3, 0.4) is 0 Å². The Hall–Kier alpha value is -0.520. The topological polar surface area (TPSA) is 64.4 Å². The van der Waals surface area contributed by atoms with E-state index in [0.717, 1.165) is 18.4 Å². The Kier molecular flexibility index (Phi) is 7.94. The molecule has 1 aliphatic rings. The molecule has 1 unspecified atom stereocenters. The summed E-state index contributed by atoms with van der Waals surface area (Å²) in [5.74, 6) is -0.0668. The molecule has 0 radical (unpaired) electrons. The number of benzene rings is 1. The smallest absolute Gasteiger partial charge is 0.249 e. The number of carbonyl (C=O) groups excluding carboxylic acids is 1. The van der Waals surface area contributed by atoms with Gasteiger partial charge in [-0.15, -0.1) is 12.4 Å². The van der Waals surface area contributed by atoms with Crippen LogP contribution in [0, 0.1) is 0 Å². The van der Waals surface area contributed by atoms with E-state index < -0.39 is 6.10 Å². The van der Waals surface area contributed by atoms with Gasteiger partial charge in [-0.3, -0.25) is 4.79 Å². The largest absolute Gasteiger partial charge is 0.364 e. The quantitative estimate of drug-likeness (QED) is 0.840. The molecule has 1 fully saturated rings. The van der Waals surface area contributed by atoms with Crippen LogP contribution in [0.4, 0.5) is 0 Å². The van der Waals surface area contributed by atoms with E-state index in [1.165, 1.54) is 0 Å². The SMILES string of the molecule is CC(CNC(=O)[C@@H]1CC[C@H](CN)O1)c1c(Cl)cccc1Cl.Cl. The lowest BCUT2D eigenvalue weighted by atomic mass is 10.0. The molecule has 1 heterocycles. The number of ether oxygens (including phenoxy) is 1. The minimum absolute atomic E-state index is 0. The van der Waals surface area contributed by atoms with Crippen molar-refractivity contribution >= 4 is 41.5 Å². The van der Waals surface area contributed by atoms with Gasteiger partial charge in [-0.25, -0.2) is 0 Å². The molecule has 124 valence electrons. The van der Waals surface area contributed by atoms with Gasteiger partial charge in [0.1, 0.15) is 6.10 Å². The number of nitrogens with two attached hydrogens (primary N) is 1. The minimum Gasteiger partial charge on any atom is -0.364 e. The van der Waals surface area contributed by atoms with Gasteiger partial charge in [0.05, 0.1) is 6.10 Å². The molecule has 0 bridgehead atoms. The first-order valence-electron chi connectivity index (χ1n) is 7.10. The second kappa shape index (κ2) is 8.94. The average Bonchev–Trinajstić information content (AvgIpc) is 2.93. The number of rotatable bonds is 5. The number of hydrogen-bond donors (Lipinski definition) is 2. The summed E-state index contributed by atoms with van der Waals surface area (Å²) in [4.78, 5) is 12.1. The zero-order valence-corrected chi connectivity index (χ0v) is 14.7. The van der Waals surface area contributed by atoms with Gasteiger partial charge in [-0.1, -0.05) is 36.2 Å². The second-order valence-electron chi connectivity index (χ2n) is 5.34. The van der Waals surface area contributed by atoms with Gasteiger partial charge in [0.25, 0.3) is 0 Å². The Morgan fingerprint density at radius 1 is 1.41 bits per heavy atom. The standard InChI is InChI=1S/C15H20Cl2N2O2.ClH/c1-9(14-11(16)3-2-4-12(14)17)8-19-15(20)13-6-5-10(7-18)21-13;/h2-4,9-10,13H,5-8,18H2,1H3,(H,19,20);1H/t9?,10-,13+;/m1./s1. The maximum atomic E-state index is 12.1. The summed E-state index contributed by atoms with van der Waals surface area (Å²) >= 11 is 12.3. The van der Waals surface area contributed by atoms with Crippen molar-refractivity contribution in [3.05, 3.63) is 33.8 Å². The molecule has 2 rings (SSSR count). The van der Waals surface area contributed by atoms with E-state index in [1.807, 2.05) is 6.92 Å². The van der Waals surface area contributed by atoms with E-state index >= 15 is 0 Å². The summed E-state index contributed by atoms with van der Waals surface area (Å²) in [5, 5.41) is 4.13. The molecule has 1 aromatic carbocycles. The van der Waals surface area contributed by atoms with Crippen molar-refractivity contribution in [2.24, 2.45) is 5.73 Å². The average molecular weight is 368 g/mol. The number of carbonyl (C=O) groups is 1. The summed E-state index contributed by atoms with van der Waals surface area (Å²) in [7, 11) is 0. The molecule has 1 aromatic rings. The highest BCUT2D eigenvalue weighted by Crippen LogP contribution is 2.31.